The highest BCUT2D eigenvalue weighted by atomic mass is 16.5. The molecule has 0 heterocycles. The predicted molar refractivity (Wildman–Crippen MR) is 95.6 cm³/mol. The molecule has 0 atom stereocenters. The van der Waals surface area contributed by atoms with E-state index in [-0.39, 0.29) is 24.5 Å². The lowest BCUT2D eigenvalue weighted by Gasteiger charge is -2.07. The molecule has 0 bridgehead atoms. The number of aryl methyl sites for hydroxylation is 1. The molecule has 0 saturated carbocycles. The number of ketones is 1. The second-order valence-corrected chi connectivity index (χ2v) is 5.71. The molecule has 0 aliphatic heterocycles. The van der Waals surface area contributed by atoms with Crippen molar-refractivity contribution >= 4 is 17.4 Å². The van der Waals surface area contributed by atoms with E-state index in [0.29, 0.717) is 12.2 Å². The summed E-state index contributed by atoms with van der Waals surface area (Å²) in [6.07, 6.45) is 1.30. The smallest absolute Gasteiger partial charge is 0.224 e. The zero-order chi connectivity index (χ0) is 17.4. The van der Waals surface area contributed by atoms with Crippen LogP contribution in [-0.4, -0.2) is 18.3 Å². The highest BCUT2D eigenvalue weighted by molar-refractivity contribution is 6.00. The van der Waals surface area contributed by atoms with Crippen molar-refractivity contribution in [3.8, 4) is 5.75 Å². The third-order valence-corrected chi connectivity index (χ3v) is 3.56. The summed E-state index contributed by atoms with van der Waals surface area (Å²) < 4.78 is 5.49. The van der Waals surface area contributed by atoms with Crippen LogP contribution in [-0.2, 0) is 4.79 Å². The fraction of sp³-hybridized carbons (Fsp3) is 0.300. The molecule has 126 valence electrons. The maximum absolute atomic E-state index is 12.2. The van der Waals surface area contributed by atoms with Crippen molar-refractivity contribution in [3.63, 3.8) is 0 Å². The number of Topliss-reactive ketones (excluding diaryl/α,β-unsaturated/α-hetero) is 1. The van der Waals surface area contributed by atoms with Crippen LogP contribution in [0.25, 0.3) is 0 Å². The monoisotopic (exact) mass is 325 g/mol. The van der Waals surface area contributed by atoms with Crippen LogP contribution in [0.4, 0.5) is 5.69 Å². The molecule has 2 aromatic carbocycles. The van der Waals surface area contributed by atoms with Gasteiger partial charge in [-0.05, 0) is 49.7 Å². The molecule has 0 spiro atoms. The molecule has 0 aliphatic rings. The number of carbonyl (C=O) groups excluding carboxylic acids is 2. The van der Waals surface area contributed by atoms with Crippen LogP contribution in [0.15, 0.2) is 48.5 Å². The Hall–Kier alpha value is -2.62. The molecular weight excluding hydrogens is 302 g/mol. The average Bonchev–Trinajstić information content (AvgIpc) is 2.60. The third-order valence-electron chi connectivity index (χ3n) is 3.56. The second-order valence-electron chi connectivity index (χ2n) is 5.71. The van der Waals surface area contributed by atoms with Gasteiger partial charge in [0.2, 0.25) is 5.91 Å². The fourth-order valence-electron chi connectivity index (χ4n) is 2.19. The molecule has 1 N–H and O–H groups in total. The highest BCUT2D eigenvalue weighted by Gasteiger charge is 2.10. The van der Waals surface area contributed by atoms with E-state index < -0.39 is 0 Å². The van der Waals surface area contributed by atoms with Crippen LogP contribution in [0.1, 0.15) is 42.1 Å². The largest absolute Gasteiger partial charge is 0.494 e. The molecule has 4 heteroatoms. The number of ether oxygens (including phenoxy) is 1. The first-order valence-electron chi connectivity index (χ1n) is 8.21. The van der Waals surface area contributed by atoms with Gasteiger partial charge in [-0.15, -0.1) is 0 Å². The van der Waals surface area contributed by atoms with Crippen molar-refractivity contribution in [2.75, 3.05) is 11.9 Å². The van der Waals surface area contributed by atoms with Gasteiger partial charge >= 0.3 is 0 Å². The van der Waals surface area contributed by atoms with Crippen molar-refractivity contribution in [1.82, 2.24) is 0 Å². The highest BCUT2D eigenvalue weighted by Crippen LogP contribution is 2.15. The van der Waals surface area contributed by atoms with Crippen molar-refractivity contribution in [3.05, 3.63) is 59.7 Å². The van der Waals surface area contributed by atoms with Gasteiger partial charge in [-0.1, -0.05) is 24.6 Å². The van der Waals surface area contributed by atoms with Gasteiger partial charge < -0.3 is 10.1 Å². The number of amides is 1. The first-order valence-corrected chi connectivity index (χ1v) is 8.21. The van der Waals surface area contributed by atoms with Crippen LogP contribution in [0.2, 0.25) is 0 Å². The maximum Gasteiger partial charge on any atom is 0.224 e. The van der Waals surface area contributed by atoms with Crippen LogP contribution in [0.3, 0.4) is 0 Å². The lowest BCUT2D eigenvalue weighted by Crippen LogP contribution is -2.13. The lowest BCUT2D eigenvalue weighted by atomic mass is 10.1. The van der Waals surface area contributed by atoms with E-state index in [4.69, 9.17) is 4.74 Å². The Morgan fingerprint density at radius 1 is 0.958 bits per heavy atom. The molecule has 0 radical (unpaired) electrons. The molecular formula is C20H23NO3. The Balaban J connectivity index is 1.81. The number of nitrogens with one attached hydrogen (secondary N) is 1. The summed E-state index contributed by atoms with van der Waals surface area (Å²) in [6, 6.07) is 14.6. The van der Waals surface area contributed by atoms with Crippen molar-refractivity contribution < 1.29 is 14.3 Å². The topological polar surface area (TPSA) is 55.4 Å². The molecule has 2 aromatic rings. The standard InChI is InChI=1S/C20H23NO3/c1-3-14-24-18-10-6-16(7-11-18)19(22)12-13-20(23)21-17-8-4-15(2)5-9-17/h4-11H,3,12-14H2,1-2H3,(H,21,23). The average molecular weight is 325 g/mol. The molecule has 0 aliphatic carbocycles. The van der Waals surface area contributed by atoms with Crippen molar-refractivity contribution in [1.29, 1.82) is 0 Å². The molecule has 0 saturated heterocycles. The minimum Gasteiger partial charge on any atom is -0.494 e. The zero-order valence-electron chi connectivity index (χ0n) is 14.2. The van der Waals surface area contributed by atoms with E-state index in [0.717, 1.165) is 23.4 Å². The Kier molecular flexibility index (Phi) is 6.55. The van der Waals surface area contributed by atoms with Crippen molar-refractivity contribution in [2.45, 2.75) is 33.1 Å². The minimum absolute atomic E-state index is 0.0453. The Morgan fingerprint density at radius 2 is 1.62 bits per heavy atom. The Bertz CT molecular complexity index is 675. The van der Waals surface area contributed by atoms with E-state index >= 15 is 0 Å². The predicted octanol–water partition coefficient (Wildman–Crippen LogP) is 4.39. The quantitative estimate of drug-likeness (QED) is 0.733. The van der Waals surface area contributed by atoms with E-state index in [1.807, 2.05) is 38.1 Å². The van der Waals surface area contributed by atoms with Crippen molar-refractivity contribution in [2.24, 2.45) is 0 Å². The van der Waals surface area contributed by atoms with Gasteiger partial charge in [-0.3, -0.25) is 9.59 Å². The summed E-state index contributed by atoms with van der Waals surface area (Å²) >= 11 is 0. The van der Waals surface area contributed by atoms with Crippen LogP contribution < -0.4 is 10.1 Å². The Morgan fingerprint density at radius 3 is 2.25 bits per heavy atom. The van der Waals surface area contributed by atoms with Gasteiger partial charge in [0.1, 0.15) is 5.75 Å². The maximum atomic E-state index is 12.2. The summed E-state index contributed by atoms with van der Waals surface area (Å²) in [4.78, 5) is 24.1. The molecule has 1 amide bonds. The summed E-state index contributed by atoms with van der Waals surface area (Å²) in [5.41, 5.74) is 2.48. The van der Waals surface area contributed by atoms with E-state index in [2.05, 4.69) is 5.32 Å². The van der Waals surface area contributed by atoms with Gasteiger partial charge in [-0.2, -0.15) is 0 Å². The van der Waals surface area contributed by atoms with E-state index in [1.165, 1.54) is 0 Å². The first-order chi connectivity index (χ1) is 11.6. The van der Waals surface area contributed by atoms with Crippen LogP contribution in [0, 0.1) is 6.92 Å². The first kappa shape index (κ1) is 17.7. The summed E-state index contributed by atoms with van der Waals surface area (Å²) in [5, 5.41) is 2.80. The number of hydrogen-bond acceptors (Lipinski definition) is 3. The summed E-state index contributed by atoms with van der Waals surface area (Å²) in [6.45, 7) is 4.69. The third kappa shape index (κ3) is 5.54. The number of carbonyl (C=O) groups is 2. The van der Waals surface area contributed by atoms with Crippen LogP contribution in [0.5, 0.6) is 5.75 Å². The van der Waals surface area contributed by atoms with Crippen LogP contribution >= 0.6 is 0 Å². The minimum atomic E-state index is -0.157. The number of hydrogen-bond donors (Lipinski definition) is 1. The SMILES string of the molecule is CCCOc1ccc(C(=O)CCC(=O)Nc2ccc(C)cc2)cc1. The molecule has 24 heavy (non-hydrogen) atoms. The number of anilines is 1. The lowest BCUT2D eigenvalue weighted by molar-refractivity contribution is -0.116. The van der Waals surface area contributed by atoms with Gasteiger partial charge in [-0.25, -0.2) is 0 Å². The molecule has 0 aromatic heterocycles. The number of benzene rings is 2. The second kappa shape index (κ2) is 8.87. The van der Waals surface area contributed by atoms with Gasteiger partial charge in [0.15, 0.2) is 5.78 Å². The van der Waals surface area contributed by atoms with E-state index in [9.17, 15) is 9.59 Å². The summed E-state index contributed by atoms with van der Waals surface area (Å²) in [7, 11) is 0. The molecule has 0 fully saturated rings. The molecule has 4 nitrogen and oxygen atoms in total. The summed E-state index contributed by atoms with van der Waals surface area (Å²) in [5.74, 6) is 0.553. The Labute approximate surface area is 142 Å². The van der Waals surface area contributed by atoms with Gasteiger partial charge in [0.25, 0.3) is 0 Å². The molecule has 2 rings (SSSR count). The zero-order valence-corrected chi connectivity index (χ0v) is 14.2. The van der Waals surface area contributed by atoms with Gasteiger partial charge in [0, 0.05) is 24.1 Å². The van der Waals surface area contributed by atoms with Gasteiger partial charge in [0.05, 0.1) is 6.61 Å². The number of rotatable bonds is 8. The van der Waals surface area contributed by atoms with E-state index in [1.54, 1.807) is 24.3 Å². The molecule has 0 unspecified atom stereocenters. The normalized spacial score (nSPS) is 10.2. The fourth-order valence-corrected chi connectivity index (χ4v) is 2.19.